The Morgan fingerprint density at radius 3 is 2.31 bits per heavy atom. The number of fused-ring (bicyclic) bond motifs is 5. The predicted molar refractivity (Wildman–Crippen MR) is 140 cm³/mol. The minimum absolute atomic E-state index is 0.420. The second-order valence-electron chi connectivity index (χ2n) is 12.8. The van der Waals surface area contributed by atoms with E-state index >= 15 is 0 Å². The number of hydrogen-bond donors (Lipinski definition) is 0. The number of hydrogen-bond acceptors (Lipinski definition) is 2. The van der Waals surface area contributed by atoms with Gasteiger partial charge in [-0.15, -0.1) is 0 Å². The van der Waals surface area contributed by atoms with E-state index in [2.05, 4.69) is 20.8 Å². The van der Waals surface area contributed by atoms with Crippen LogP contribution in [0.15, 0.2) is 0 Å². The van der Waals surface area contributed by atoms with Crippen molar-refractivity contribution in [3.05, 3.63) is 0 Å². The summed E-state index contributed by atoms with van der Waals surface area (Å²) in [6.45, 7) is 9.75. The van der Waals surface area contributed by atoms with Crippen LogP contribution in [-0.2, 0) is 4.79 Å². The molecule has 0 spiro atoms. The van der Waals surface area contributed by atoms with Crippen LogP contribution in [0.2, 0.25) is 0 Å². The van der Waals surface area contributed by atoms with Gasteiger partial charge in [0.2, 0.25) is 0 Å². The quantitative estimate of drug-likeness (QED) is 0.319. The highest BCUT2D eigenvalue weighted by Gasteiger charge is 2.59. The van der Waals surface area contributed by atoms with Crippen LogP contribution < -0.4 is 0 Å². The van der Waals surface area contributed by atoms with Crippen LogP contribution in [0.3, 0.4) is 0 Å². The molecule has 184 valence electrons. The van der Waals surface area contributed by atoms with E-state index in [1.165, 1.54) is 103 Å². The van der Waals surface area contributed by atoms with Crippen molar-refractivity contribution < 1.29 is 4.79 Å². The number of carbonyl (C=O) groups is 1. The lowest BCUT2D eigenvalue weighted by Gasteiger charge is -2.61. The first-order valence-corrected chi connectivity index (χ1v) is 15.5. The molecular weight excluding hydrogens is 408 g/mol. The Bertz CT molecular complexity index is 630. The predicted octanol–water partition coefficient (Wildman–Crippen LogP) is 9.43. The van der Waals surface area contributed by atoms with E-state index < -0.39 is 0 Å². The van der Waals surface area contributed by atoms with E-state index in [4.69, 9.17) is 0 Å². The first-order chi connectivity index (χ1) is 15.4. The van der Waals surface area contributed by atoms with Crippen molar-refractivity contribution in [1.29, 1.82) is 0 Å². The number of unbranched alkanes of at least 4 members (excludes halogenated alkanes) is 5. The summed E-state index contributed by atoms with van der Waals surface area (Å²) in [5.41, 5.74) is 1.21. The number of thioether (sulfide) groups is 1. The van der Waals surface area contributed by atoms with Crippen molar-refractivity contribution >= 4 is 16.9 Å². The molecule has 0 saturated heterocycles. The third-order valence-corrected chi connectivity index (χ3v) is 12.6. The summed E-state index contributed by atoms with van der Waals surface area (Å²) in [6, 6.07) is 0. The lowest BCUT2D eigenvalue weighted by atomic mass is 9.45. The minimum Gasteiger partial charge on any atom is -0.287 e. The van der Waals surface area contributed by atoms with Crippen molar-refractivity contribution in [2.24, 2.45) is 40.4 Å². The van der Waals surface area contributed by atoms with Gasteiger partial charge in [0.1, 0.15) is 0 Å². The lowest BCUT2D eigenvalue weighted by molar-refractivity contribution is -0.112. The molecule has 2 heteroatoms. The van der Waals surface area contributed by atoms with E-state index in [-0.39, 0.29) is 0 Å². The number of rotatable bonds is 9. The molecule has 4 saturated carbocycles. The molecule has 4 aliphatic carbocycles. The molecule has 0 radical (unpaired) electrons. The SMILES string of the molecule is CCCCCCCC[C@@H]1CC[C@@H]2[C@@H]3CC[C@@H]4C[C@@H](SC(=O)CC)CC[C@]4(C)[C@@H]3CC[C@]12C. The van der Waals surface area contributed by atoms with Gasteiger partial charge < -0.3 is 0 Å². The summed E-state index contributed by atoms with van der Waals surface area (Å²) in [5.74, 6) is 4.88. The van der Waals surface area contributed by atoms with Gasteiger partial charge in [-0.1, -0.05) is 78.0 Å². The largest absolute Gasteiger partial charge is 0.287 e. The Balaban J connectivity index is 1.35. The van der Waals surface area contributed by atoms with Gasteiger partial charge in [0.05, 0.1) is 0 Å². The van der Waals surface area contributed by atoms with Gasteiger partial charge in [-0.05, 0) is 105 Å². The molecule has 0 unspecified atom stereocenters. The smallest absolute Gasteiger partial charge is 0.188 e. The van der Waals surface area contributed by atoms with Crippen molar-refractivity contribution in [3.63, 3.8) is 0 Å². The minimum atomic E-state index is 0.420. The fourth-order valence-corrected chi connectivity index (χ4v) is 10.5. The summed E-state index contributed by atoms with van der Waals surface area (Å²) in [5, 5.41) is 1.03. The topological polar surface area (TPSA) is 17.1 Å². The molecule has 0 N–H and O–H groups in total. The summed E-state index contributed by atoms with van der Waals surface area (Å²) in [6.07, 6.45) is 23.9. The Morgan fingerprint density at radius 1 is 0.812 bits per heavy atom. The molecule has 32 heavy (non-hydrogen) atoms. The van der Waals surface area contributed by atoms with Gasteiger partial charge in [-0.3, -0.25) is 4.79 Å². The summed E-state index contributed by atoms with van der Waals surface area (Å²) >= 11 is 1.69. The van der Waals surface area contributed by atoms with Gasteiger partial charge in [-0.2, -0.15) is 0 Å². The maximum absolute atomic E-state index is 12.0. The van der Waals surface area contributed by atoms with Crippen LogP contribution in [0, 0.1) is 40.4 Å². The highest BCUT2D eigenvalue weighted by molar-refractivity contribution is 8.14. The summed E-state index contributed by atoms with van der Waals surface area (Å²) < 4.78 is 0. The molecule has 4 rings (SSSR count). The maximum atomic E-state index is 12.0. The Hall–Kier alpha value is 0.0200. The van der Waals surface area contributed by atoms with Crippen molar-refractivity contribution in [1.82, 2.24) is 0 Å². The van der Waals surface area contributed by atoms with Crippen LogP contribution in [-0.4, -0.2) is 10.4 Å². The van der Waals surface area contributed by atoms with Crippen LogP contribution in [0.25, 0.3) is 0 Å². The van der Waals surface area contributed by atoms with Crippen LogP contribution >= 0.6 is 11.8 Å². The molecule has 0 aromatic carbocycles. The molecule has 0 amide bonds. The lowest BCUT2D eigenvalue weighted by Crippen LogP contribution is -2.53. The average Bonchev–Trinajstić information content (AvgIpc) is 3.12. The van der Waals surface area contributed by atoms with Gasteiger partial charge in [0, 0.05) is 11.7 Å². The van der Waals surface area contributed by atoms with Crippen LogP contribution in [0.4, 0.5) is 0 Å². The molecule has 4 fully saturated rings. The zero-order valence-electron chi connectivity index (χ0n) is 21.8. The van der Waals surface area contributed by atoms with Gasteiger partial charge in [-0.25, -0.2) is 0 Å². The van der Waals surface area contributed by atoms with Crippen molar-refractivity contribution in [3.8, 4) is 0 Å². The first-order valence-electron chi connectivity index (χ1n) is 14.6. The first kappa shape index (κ1) is 25.1. The molecule has 8 atom stereocenters. The van der Waals surface area contributed by atoms with Gasteiger partial charge in [0.15, 0.2) is 5.12 Å². The van der Waals surface area contributed by atoms with E-state index in [0.717, 1.165) is 29.6 Å². The molecular formula is C30H52OS. The fourth-order valence-electron chi connectivity index (χ4n) is 9.35. The molecule has 1 nitrogen and oxygen atoms in total. The molecule has 0 bridgehead atoms. The average molecular weight is 461 g/mol. The Kier molecular flexibility index (Phi) is 8.43. The van der Waals surface area contributed by atoms with E-state index in [1.54, 1.807) is 11.8 Å². The summed E-state index contributed by atoms with van der Waals surface area (Å²) in [4.78, 5) is 12.0. The molecule has 0 aromatic heterocycles. The third kappa shape index (κ3) is 4.87. The normalized spacial score (nSPS) is 43.4. The zero-order chi connectivity index (χ0) is 22.8. The van der Waals surface area contributed by atoms with E-state index in [0.29, 0.717) is 27.6 Å². The van der Waals surface area contributed by atoms with E-state index in [1.807, 2.05) is 6.92 Å². The van der Waals surface area contributed by atoms with Crippen LogP contribution in [0.5, 0.6) is 0 Å². The molecule has 0 aromatic rings. The zero-order valence-corrected chi connectivity index (χ0v) is 22.6. The summed E-state index contributed by atoms with van der Waals surface area (Å²) in [7, 11) is 0. The van der Waals surface area contributed by atoms with Gasteiger partial charge >= 0.3 is 0 Å². The fraction of sp³-hybridized carbons (Fsp3) is 0.967. The second kappa shape index (κ2) is 10.7. The highest BCUT2D eigenvalue weighted by atomic mass is 32.2. The molecule has 0 heterocycles. The van der Waals surface area contributed by atoms with Gasteiger partial charge in [0.25, 0.3) is 0 Å². The Morgan fingerprint density at radius 2 is 1.53 bits per heavy atom. The van der Waals surface area contributed by atoms with Crippen LogP contribution in [0.1, 0.15) is 137 Å². The number of carbonyl (C=O) groups excluding carboxylic acids is 1. The molecule has 0 aliphatic heterocycles. The monoisotopic (exact) mass is 460 g/mol. The van der Waals surface area contributed by atoms with Crippen molar-refractivity contribution in [2.45, 2.75) is 142 Å². The highest BCUT2D eigenvalue weighted by Crippen LogP contribution is 2.68. The Labute approximate surface area is 204 Å². The van der Waals surface area contributed by atoms with E-state index in [9.17, 15) is 4.79 Å². The maximum Gasteiger partial charge on any atom is 0.188 e. The second-order valence-corrected chi connectivity index (χ2v) is 14.1. The standard InChI is InChI=1S/C30H52OS/c1-5-7-8-9-10-11-12-22-14-16-26-25-15-13-23-21-24(32-28(31)6-2)17-19-30(23,4)27(25)18-20-29(22,26)3/h22-27H,5-21H2,1-4H3/t22-,23-,24+,25+,26-,27-,29-,30+/m1/s1. The third-order valence-electron chi connectivity index (χ3n) is 11.3. The van der Waals surface area contributed by atoms with Crippen molar-refractivity contribution in [2.75, 3.05) is 0 Å². The molecule has 4 aliphatic rings.